The molecule has 1 aliphatic rings. The van der Waals surface area contributed by atoms with Crippen LogP contribution in [0.4, 0.5) is 0 Å². The molecular weight excluding hydrogens is 266 g/mol. The molecule has 1 amide bonds. The van der Waals surface area contributed by atoms with Crippen molar-refractivity contribution in [3.63, 3.8) is 0 Å². The molecule has 2 atom stereocenters. The second-order valence-corrected chi connectivity index (χ2v) is 6.60. The molecule has 1 aliphatic heterocycles. The van der Waals surface area contributed by atoms with Crippen LogP contribution in [0.15, 0.2) is 0 Å². The lowest BCUT2D eigenvalue weighted by Gasteiger charge is -2.38. The summed E-state index contributed by atoms with van der Waals surface area (Å²) in [4.78, 5) is 16.9. The fourth-order valence-electron chi connectivity index (χ4n) is 3.04. The molecule has 0 aromatic heterocycles. The van der Waals surface area contributed by atoms with E-state index in [-0.39, 0.29) is 30.5 Å². The lowest BCUT2D eigenvalue weighted by molar-refractivity contribution is -0.139. The lowest BCUT2D eigenvalue weighted by atomic mass is 9.97. The van der Waals surface area contributed by atoms with Gasteiger partial charge in [-0.1, -0.05) is 13.3 Å². The summed E-state index contributed by atoms with van der Waals surface area (Å²) in [7, 11) is 2.12. The van der Waals surface area contributed by atoms with Gasteiger partial charge >= 0.3 is 0 Å². The van der Waals surface area contributed by atoms with E-state index < -0.39 is 0 Å². The molecular formula is C16H33N3O2. The van der Waals surface area contributed by atoms with Crippen LogP contribution in [0.3, 0.4) is 0 Å². The maximum Gasteiger partial charge on any atom is 0.225 e. The molecule has 1 fully saturated rings. The predicted molar refractivity (Wildman–Crippen MR) is 86.0 cm³/mol. The van der Waals surface area contributed by atoms with Gasteiger partial charge < -0.3 is 20.6 Å². The molecule has 0 radical (unpaired) electrons. The fourth-order valence-corrected chi connectivity index (χ4v) is 3.04. The first-order chi connectivity index (χ1) is 9.95. The Hall–Kier alpha value is -0.650. The van der Waals surface area contributed by atoms with Crippen LogP contribution < -0.4 is 5.73 Å². The van der Waals surface area contributed by atoms with Crippen molar-refractivity contribution < 1.29 is 9.90 Å². The number of carbonyl (C=O) groups excluding carboxylic acids is 1. The first-order valence-electron chi connectivity index (χ1n) is 8.31. The maximum atomic E-state index is 12.7. The Morgan fingerprint density at radius 1 is 1.33 bits per heavy atom. The Kier molecular flexibility index (Phi) is 8.22. The van der Waals surface area contributed by atoms with Crippen molar-refractivity contribution in [1.82, 2.24) is 9.80 Å². The molecule has 0 aromatic carbocycles. The highest BCUT2D eigenvalue weighted by Crippen LogP contribution is 2.20. The van der Waals surface area contributed by atoms with Crippen molar-refractivity contribution in [2.75, 3.05) is 33.3 Å². The maximum absolute atomic E-state index is 12.7. The van der Waals surface area contributed by atoms with Crippen molar-refractivity contribution in [3.05, 3.63) is 0 Å². The summed E-state index contributed by atoms with van der Waals surface area (Å²) in [5.41, 5.74) is 5.76. The van der Waals surface area contributed by atoms with E-state index >= 15 is 0 Å². The molecule has 0 spiro atoms. The quantitative estimate of drug-likeness (QED) is 0.703. The summed E-state index contributed by atoms with van der Waals surface area (Å²) in [5, 5.41) is 9.28. The number of carbonyl (C=O) groups is 1. The molecule has 0 aliphatic carbocycles. The average molecular weight is 299 g/mol. The minimum Gasteiger partial charge on any atom is -0.395 e. The van der Waals surface area contributed by atoms with E-state index in [2.05, 4.69) is 11.9 Å². The molecule has 0 bridgehead atoms. The summed E-state index contributed by atoms with van der Waals surface area (Å²) < 4.78 is 0. The molecule has 0 aromatic rings. The number of rotatable bonds is 8. The summed E-state index contributed by atoms with van der Waals surface area (Å²) in [6.45, 7) is 6.57. The summed E-state index contributed by atoms with van der Waals surface area (Å²) in [6, 6.07) is 0.492. The molecule has 124 valence electrons. The van der Waals surface area contributed by atoms with Crippen LogP contribution in [0.5, 0.6) is 0 Å². The average Bonchev–Trinajstić information content (AvgIpc) is 2.44. The van der Waals surface area contributed by atoms with Gasteiger partial charge in [-0.05, 0) is 52.7 Å². The van der Waals surface area contributed by atoms with Gasteiger partial charge in [-0.2, -0.15) is 0 Å². The van der Waals surface area contributed by atoms with Crippen molar-refractivity contribution in [2.45, 2.75) is 58.0 Å². The smallest absolute Gasteiger partial charge is 0.225 e. The summed E-state index contributed by atoms with van der Waals surface area (Å²) in [5.74, 6) is 0.221. The van der Waals surface area contributed by atoms with Crippen molar-refractivity contribution in [2.24, 2.45) is 11.7 Å². The van der Waals surface area contributed by atoms with E-state index in [1.807, 2.05) is 18.7 Å². The Labute approximate surface area is 129 Å². The molecule has 1 saturated heterocycles. The van der Waals surface area contributed by atoms with Gasteiger partial charge in [0.05, 0.1) is 6.61 Å². The van der Waals surface area contributed by atoms with Crippen LogP contribution in [-0.4, -0.2) is 66.2 Å². The minimum atomic E-state index is 0.0231. The highest BCUT2D eigenvalue weighted by Gasteiger charge is 2.29. The third-order valence-electron chi connectivity index (χ3n) is 4.47. The van der Waals surface area contributed by atoms with Gasteiger partial charge in [0.25, 0.3) is 0 Å². The Balaban J connectivity index is 2.51. The number of hydrogen-bond acceptors (Lipinski definition) is 4. The van der Waals surface area contributed by atoms with E-state index in [9.17, 15) is 9.90 Å². The number of amides is 1. The monoisotopic (exact) mass is 299 g/mol. The van der Waals surface area contributed by atoms with Crippen LogP contribution >= 0.6 is 0 Å². The van der Waals surface area contributed by atoms with Gasteiger partial charge in [0, 0.05) is 24.5 Å². The standard InChI is InChI=1S/C16H33N3O2/c1-13(5-4-6-14(2)17)16(21)19(11-12-20)15-7-9-18(3)10-8-15/h13-15,20H,4-12,17H2,1-3H3. The third-order valence-corrected chi connectivity index (χ3v) is 4.47. The number of aliphatic hydroxyl groups excluding tert-OH is 1. The topological polar surface area (TPSA) is 69.8 Å². The Morgan fingerprint density at radius 3 is 2.48 bits per heavy atom. The zero-order valence-corrected chi connectivity index (χ0v) is 13.9. The highest BCUT2D eigenvalue weighted by atomic mass is 16.3. The van der Waals surface area contributed by atoms with Crippen molar-refractivity contribution in [1.29, 1.82) is 0 Å². The first-order valence-corrected chi connectivity index (χ1v) is 8.31. The SMILES string of the molecule is CC(N)CCCC(C)C(=O)N(CCO)C1CCN(C)CC1. The van der Waals surface area contributed by atoms with Crippen molar-refractivity contribution in [3.8, 4) is 0 Å². The van der Waals surface area contributed by atoms with Gasteiger partial charge in [0.2, 0.25) is 5.91 Å². The lowest BCUT2D eigenvalue weighted by Crippen LogP contribution is -2.49. The minimum absolute atomic E-state index is 0.0231. The second-order valence-electron chi connectivity index (χ2n) is 6.60. The van der Waals surface area contributed by atoms with E-state index in [1.54, 1.807) is 0 Å². The van der Waals surface area contributed by atoms with Gasteiger partial charge in [-0.3, -0.25) is 4.79 Å². The third kappa shape index (κ3) is 6.32. The molecule has 2 unspecified atom stereocenters. The van der Waals surface area contributed by atoms with Crippen LogP contribution in [0, 0.1) is 5.92 Å². The number of piperidine rings is 1. The van der Waals surface area contributed by atoms with Crippen LogP contribution in [0.25, 0.3) is 0 Å². The molecule has 5 nitrogen and oxygen atoms in total. The number of aliphatic hydroxyl groups is 1. The molecule has 0 saturated carbocycles. The van der Waals surface area contributed by atoms with Crippen LogP contribution in [0.1, 0.15) is 46.0 Å². The zero-order valence-electron chi connectivity index (χ0n) is 13.9. The van der Waals surface area contributed by atoms with Crippen LogP contribution in [0.2, 0.25) is 0 Å². The Morgan fingerprint density at radius 2 is 1.95 bits per heavy atom. The van der Waals surface area contributed by atoms with Gasteiger partial charge in [0.1, 0.15) is 0 Å². The first kappa shape index (κ1) is 18.4. The normalized spacial score (nSPS) is 20.2. The molecule has 1 heterocycles. The summed E-state index contributed by atoms with van der Waals surface area (Å²) >= 11 is 0. The number of likely N-dealkylation sites (tertiary alicyclic amines) is 1. The predicted octanol–water partition coefficient (Wildman–Crippen LogP) is 1.06. The van der Waals surface area contributed by atoms with E-state index in [1.165, 1.54) is 0 Å². The van der Waals surface area contributed by atoms with E-state index in [0.29, 0.717) is 6.54 Å². The Bertz CT molecular complexity index is 302. The number of nitrogens with two attached hydrogens (primary N) is 1. The molecule has 5 heteroatoms. The molecule has 1 rings (SSSR count). The second kappa shape index (κ2) is 9.38. The van der Waals surface area contributed by atoms with Gasteiger partial charge in [-0.15, -0.1) is 0 Å². The summed E-state index contributed by atoms with van der Waals surface area (Å²) in [6.07, 6.45) is 4.86. The van der Waals surface area contributed by atoms with E-state index in [0.717, 1.165) is 45.2 Å². The fraction of sp³-hybridized carbons (Fsp3) is 0.938. The molecule has 21 heavy (non-hydrogen) atoms. The number of hydrogen-bond donors (Lipinski definition) is 2. The van der Waals surface area contributed by atoms with Crippen molar-refractivity contribution >= 4 is 5.91 Å². The van der Waals surface area contributed by atoms with Gasteiger partial charge in [-0.25, -0.2) is 0 Å². The zero-order chi connectivity index (χ0) is 15.8. The largest absolute Gasteiger partial charge is 0.395 e. The van der Waals surface area contributed by atoms with E-state index in [4.69, 9.17) is 5.73 Å². The van der Waals surface area contributed by atoms with Crippen LogP contribution in [-0.2, 0) is 4.79 Å². The number of nitrogens with zero attached hydrogens (tertiary/aromatic N) is 2. The van der Waals surface area contributed by atoms with Gasteiger partial charge in [0.15, 0.2) is 0 Å². The highest BCUT2D eigenvalue weighted by molar-refractivity contribution is 5.78. The molecule has 3 N–H and O–H groups in total.